The van der Waals surface area contributed by atoms with Crippen LogP contribution in [0.5, 0.6) is 0 Å². The van der Waals surface area contributed by atoms with E-state index in [0.717, 1.165) is 17.9 Å². The van der Waals surface area contributed by atoms with Gasteiger partial charge in [0.25, 0.3) is 0 Å². The second kappa shape index (κ2) is 4.61. The van der Waals surface area contributed by atoms with Crippen LogP contribution >= 0.6 is 0 Å². The number of rotatable bonds is 3. The maximum atomic E-state index is 11.4. The zero-order chi connectivity index (χ0) is 10.7. The third kappa shape index (κ3) is 2.47. The van der Waals surface area contributed by atoms with E-state index in [1.54, 1.807) is 6.92 Å². The quantitative estimate of drug-likeness (QED) is 0.685. The smallest absolute Gasteiger partial charge is 0.160 e. The summed E-state index contributed by atoms with van der Waals surface area (Å²) in [6.45, 7) is 1.64. The van der Waals surface area contributed by atoms with E-state index >= 15 is 0 Å². The SMILES string of the molecule is CC(=O)c1c[c]ccc1CC1CCCC1. The Labute approximate surface area is 91.5 Å². The zero-order valence-electron chi connectivity index (χ0n) is 9.25. The minimum absolute atomic E-state index is 0.167. The van der Waals surface area contributed by atoms with E-state index in [1.807, 2.05) is 12.1 Å². The Morgan fingerprint density at radius 3 is 2.87 bits per heavy atom. The van der Waals surface area contributed by atoms with Crippen LogP contribution in [0.15, 0.2) is 18.2 Å². The van der Waals surface area contributed by atoms with Gasteiger partial charge in [-0.1, -0.05) is 37.8 Å². The first-order valence-corrected chi connectivity index (χ1v) is 5.77. The third-order valence-corrected chi connectivity index (χ3v) is 3.32. The molecule has 1 aromatic rings. The van der Waals surface area contributed by atoms with Gasteiger partial charge in [-0.2, -0.15) is 0 Å². The van der Waals surface area contributed by atoms with Crippen molar-refractivity contribution < 1.29 is 4.79 Å². The van der Waals surface area contributed by atoms with E-state index in [0.29, 0.717) is 0 Å². The van der Waals surface area contributed by atoms with E-state index in [-0.39, 0.29) is 5.78 Å². The molecule has 0 atom stereocenters. The highest BCUT2D eigenvalue weighted by Crippen LogP contribution is 2.28. The van der Waals surface area contributed by atoms with Crippen molar-refractivity contribution in [3.05, 3.63) is 35.4 Å². The van der Waals surface area contributed by atoms with Crippen LogP contribution in [-0.2, 0) is 6.42 Å². The Balaban J connectivity index is 2.15. The average molecular weight is 201 g/mol. The van der Waals surface area contributed by atoms with E-state index in [9.17, 15) is 4.79 Å². The fraction of sp³-hybridized carbons (Fsp3) is 0.500. The standard InChI is InChI=1S/C14H17O/c1-11(15)14-9-5-4-8-13(14)10-12-6-2-3-7-12/h4,8-9,12H,2-3,6-7,10H2,1H3. The number of ketones is 1. The van der Waals surface area contributed by atoms with Gasteiger partial charge in [-0.05, 0) is 37.0 Å². The molecule has 0 bridgehead atoms. The van der Waals surface area contributed by atoms with Crippen molar-refractivity contribution in [2.75, 3.05) is 0 Å². The molecule has 1 aromatic carbocycles. The summed E-state index contributed by atoms with van der Waals surface area (Å²) in [6, 6.07) is 8.78. The minimum Gasteiger partial charge on any atom is -0.295 e. The summed E-state index contributed by atoms with van der Waals surface area (Å²) in [5.74, 6) is 0.963. The van der Waals surface area contributed by atoms with Gasteiger partial charge < -0.3 is 0 Å². The fourth-order valence-electron chi connectivity index (χ4n) is 2.49. The second-order valence-corrected chi connectivity index (χ2v) is 4.49. The van der Waals surface area contributed by atoms with Gasteiger partial charge in [-0.25, -0.2) is 0 Å². The number of benzene rings is 1. The first-order chi connectivity index (χ1) is 7.27. The molecule has 1 saturated carbocycles. The van der Waals surface area contributed by atoms with Gasteiger partial charge in [0.15, 0.2) is 5.78 Å². The molecule has 0 aliphatic heterocycles. The molecule has 1 fully saturated rings. The first kappa shape index (κ1) is 10.4. The molecule has 0 heterocycles. The summed E-state index contributed by atoms with van der Waals surface area (Å²) < 4.78 is 0. The van der Waals surface area contributed by atoms with Gasteiger partial charge >= 0.3 is 0 Å². The molecule has 0 aromatic heterocycles. The molecule has 1 aliphatic rings. The summed E-state index contributed by atoms with van der Waals surface area (Å²) in [4.78, 5) is 11.4. The van der Waals surface area contributed by atoms with Gasteiger partial charge in [-0.3, -0.25) is 4.79 Å². The average Bonchev–Trinajstić information content (AvgIpc) is 2.71. The van der Waals surface area contributed by atoms with E-state index in [4.69, 9.17) is 0 Å². The van der Waals surface area contributed by atoms with Crippen LogP contribution < -0.4 is 0 Å². The zero-order valence-corrected chi connectivity index (χ0v) is 9.25. The van der Waals surface area contributed by atoms with Gasteiger partial charge in [0.2, 0.25) is 0 Å². The summed E-state index contributed by atoms with van der Waals surface area (Å²) in [7, 11) is 0. The van der Waals surface area contributed by atoms with Gasteiger partial charge in [0, 0.05) is 5.56 Å². The Morgan fingerprint density at radius 1 is 1.47 bits per heavy atom. The summed E-state index contributed by atoms with van der Waals surface area (Å²) in [6.07, 6.45) is 6.45. The lowest BCUT2D eigenvalue weighted by Gasteiger charge is -2.11. The van der Waals surface area contributed by atoms with Crippen LogP contribution in [0.3, 0.4) is 0 Å². The lowest BCUT2D eigenvalue weighted by Crippen LogP contribution is -2.05. The normalized spacial score (nSPS) is 16.9. The number of Topliss-reactive ketones (excluding diaryl/α,β-unsaturated/α-hetero) is 1. The Kier molecular flexibility index (Phi) is 3.20. The highest BCUT2D eigenvalue weighted by Gasteiger charge is 2.17. The van der Waals surface area contributed by atoms with Crippen molar-refractivity contribution >= 4 is 5.78 Å². The molecular weight excluding hydrogens is 184 g/mol. The van der Waals surface area contributed by atoms with Crippen LogP contribution in [0.2, 0.25) is 0 Å². The predicted octanol–water partition coefficient (Wildman–Crippen LogP) is 3.42. The molecule has 1 radical (unpaired) electrons. The van der Waals surface area contributed by atoms with Crippen molar-refractivity contribution in [2.45, 2.75) is 39.0 Å². The first-order valence-electron chi connectivity index (χ1n) is 5.77. The molecule has 1 aliphatic carbocycles. The van der Waals surface area contributed by atoms with Crippen molar-refractivity contribution in [1.82, 2.24) is 0 Å². The van der Waals surface area contributed by atoms with E-state index in [2.05, 4.69) is 12.1 Å². The van der Waals surface area contributed by atoms with Crippen molar-refractivity contribution in [2.24, 2.45) is 5.92 Å². The summed E-state index contributed by atoms with van der Waals surface area (Å²) in [5, 5.41) is 0. The molecule has 79 valence electrons. The number of hydrogen-bond donors (Lipinski definition) is 0. The van der Waals surface area contributed by atoms with Crippen LogP contribution in [-0.4, -0.2) is 5.78 Å². The lowest BCUT2D eigenvalue weighted by molar-refractivity contribution is 0.101. The Morgan fingerprint density at radius 2 is 2.20 bits per heavy atom. The molecule has 0 N–H and O–H groups in total. The lowest BCUT2D eigenvalue weighted by atomic mass is 9.93. The van der Waals surface area contributed by atoms with Crippen LogP contribution in [0.4, 0.5) is 0 Å². The third-order valence-electron chi connectivity index (χ3n) is 3.32. The minimum atomic E-state index is 0.167. The molecule has 15 heavy (non-hydrogen) atoms. The second-order valence-electron chi connectivity index (χ2n) is 4.49. The monoisotopic (exact) mass is 201 g/mol. The topological polar surface area (TPSA) is 17.1 Å². The van der Waals surface area contributed by atoms with Crippen molar-refractivity contribution in [1.29, 1.82) is 0 Å². The molecule has 1 nitrogen and oxygen atoms in total. The van der Waals surface area contributed by atoms with Gasteiger partial charge in [0.05, 0.1) is 0 Å². The number of hydrogen-bond acceptors (Lipinski definition) is 1. The molecule has 0 spiro atoms. The van der Waals surface area contributed by atoms with Crippen LogP contribution in [0.25, 0.3) is 0 Å². The predicted molar refractivity (Wildman–Crippen MR) is 60.9 cm³/mol. The summed E-state index contributed by atoms with van der Waals surface area (Å²) in [5.41, 5.74) is 2.08. The van der Waals surface area contributed by atoms with E-state index in [1.165, 1.54) is 31.2 Å². The Hall–Kier alpha value is -1.11. The maximum Gasteiger partial charge on any atom is 0.160 e. The number of carbonyl (C=O) groups is 1. The van der Waals surface area contributed by atoms with Crippen molar-refractivity contribution in [3.63, 3.8) is 0 Å². The maximum absolute atomic E-state index is 11.4. The molecule has 0 amide bonds. The highest BCUT2D eigenvalue weighted by atomic mass is 16.1. The number of carbonyl (C=O) groups excluding carboxylic acids is 1. The highest BCUT2D eigenvalue weighted by molar-refractivity contribution is 5.95. The largest absolute Gasteiger partial charge is 0.295 e. The van der Waals surface area contributed by atoms with E-state index < -0.39 is 0 Å². The van der Waals surface area contributed by atoms with Gasteiger partial charge in [-0.15, -0.1) is 0 Å². The Bertz CT molecular complexity index is 348. The molecule has 0 saturated heterocycles. The fourth-order valence-corrected chi connectivity index (χ4v) is 2.49. The van der Waals surface area contributed by atoms with Crippen molar-refractivity contribution in [3.8, 4) is 0 Å². The van der Waals surface area contributed by atoms with Crippen LogP contribution in [0.1, 0.15) is 48.5 Å². The summed E-state index contributed by atoms with van der Waals surface area (Å²) >= 11 is 0. The van der Waals surface area contributed by atoms with Crippen LogP contribution in [0, 0.1) is 12.0 Å². The molecule has 1 heteroatoms. The molecule has 0 unspecified atom stereocenters. The molecule has 2 rings (SSSR count). The molecular formula is C14H17O. The van der Waals surface area contributed by atoms with Gasteiger partial charge in [0.1, 0.15) is 0 Å².